The third-order valence-corrected chi connectivity index (χ3v) is 13.6. The van der Waals surface area contributed by atoms with E-state index in [1.54, 1.807) is 0 Å². The van der Waals surface area contributed by atoms with E-state index in [0.29, 0.717) is 19.3 Å². The summed E-state index contributed by atoms with van der Waals surface area (Å²) in [5, 5.41) is 0. The molecule has 79 heavy (non-hydrogen) atoms. The molecule has 0 saturated carbocycles. The summed E-state index contributed by atoms with van der Waals surface area (Å²) >= 11 is 0. The standard InChI is InChI=1S/C73H120O6/c1-4-7-10-13-16-19-22-25-28-30-32-34-35-36-37-39-40-42-45-48-51-54-57-60-63-66-72(75)78-69-70(68-77-71(74)65-62-59-56-53-50-47-44-27-24-21-18-15-12-9-6-3)79-73(76)67-64-61-58-55-52-49-46-43-41-38-33-31-29-26-23-20-17-14-11-8-5-2/h7-8,10-11,16-17,19-20,25-29,32-34,38,43-44,46,52,55,70H,4-6,9,12-15,18,21-24,30-31,35-37,39-42,45,47-51,53-54,56-69H2,1-3H3/b10-7-,11-8-,19-16-,20-17-,28-25-,29-26-,34-32-,38-33-,44-27-,46-43-,55-52-. The van der Waals surface area contributed by atoms with E-state index in [0.717, 1.165) is 128 Å². The minimum Gasteiger partial charge on any atom is -0.462 e. The van der Waals surface area contributed by atoms with Crippen LogP contribution >= 0.6 is 0 Å². The molecule has 0 rings (SSSR count). The summed E-state index contributed by atoms with van der Waals surface area (Å²) in [6, 6.07) is 0. The molecule has 0 radical (unpaired) electrons. The van der Waals surface area contributed by atoms with Gasteiger partial charge in [-0.05, 0) is 135 Å². The van der Waals surface area contributed by atoms with Gasteiger partial charge in [0.1, 0.15) is 13.2 Å². The molecule has 0 saturated heterocycles. The van der Waals surface area contributed by atoms with Crippen molar-refractivity contribution in [3.8, 4) is 0 Å². The first kappa shape index (κ1) is 74.5. The Bertz CT molecular complexity index is 1680. The van der Waals surface area contributed by atoms with E-state index < -0.39 is 6.10 Å². The predicted molar refractivity (Wildman–Crippen MR) is 343 cm³/mol. The molecule has 6 nitrogen and oxygen atoms in total. The molecule has 0 aliphatic heterocycles. The van der Waals surface area contributed by atoms with Gasteiger partial charge in [0.25, 0.3) is 0 Å². The SMILES string of the molecule is CC/C=C\C/C=C\C/C=C\C/C=C\C/C=C\C/C=C\CCCCC(=O)OC(COC(=O)CCCCCCC/C=C\CCCCCCCC)COC(=O)CCCCCCCCCCCCCC/C=C\C/C=C\C/C=C\C/C=C\CC. The van der Waals surface area contributed by atoms with Gasteiger partial charge in [-0.2, -0.15) is 0 Å². The van der Waals surface area contributed by atoms with Crippen LogP contribution in [0.25, 0.3) is 0 Å². The average Bonchev–Trinajstić information content (AvgIpc) is 3.45. The molecule has 0 heterocycles. The molecule has 0 aliphatic rings. The van der Waals surface area contributed by atoms with Gasteiger partial charge in [0.15, 0.2) is 6.10 Å². The van der Waals surface area contributed by atoms with Crippen LogP contribution in [0.1, 0.15) is 290 Å². The number of esters is 3. The van der Waals surface area contributed by atoms with Crippen LogP contribution in [0.15, 0.2) is 134 Å². The second-order valence-corrected chi connectivity index (χ2v) is 21.3. The second-order valence-electron chi connectivity index (χ2n) is 21.3. The Morgan fingerprint density at radius 1 is 0.266 bits per heavy atom. The third kappa shape index (κ3) is 64.3. The predicted octanol–water partition coefficient (Wildman–Crippen LogP) is 22.5. The van der Waals surface area contributed by atoms with Crippen LogP contribution in [0, 0.1) is 0 Å². The zero-order valence-corrected chi connectivity index (χ0v) is 51.3. The summed E-state index contributed by atoms with van der Waals surface area (Å²) in [4.78, 5) is 38.4. The maximum Gasteiger partial charge on any atom is 0.306 e. The molecule has 0 bridgehead atoms. The summed E-state index contributed by atoms with van der Waals surface area (Å²) in [6.07, 6.45) is 93.1. The van der Waals surface area contributed by atoms with Gasteiger partial charge in [-0.1, -0.05) is 270 Å². The van der Waals surface area contributed by atoms with Crippen molar-refractivity contribution in [2.24, 2.45) is 0 Å². The van der Waals surface area contributed by atoms with Crippen molar-refractivity contribution in [3.05, 3.63) is 134 Å². The number of ether oxygens (including phenoxy) is 3. The number of allylic oxidation sites excluding steroid dienone is 22. The highest BCUT2D eigenvalue weighted by Crippen LogP contribution is 2.15. The fraction of sp³-hybridized carbons (Fsp3) is 0.658. The molecule has 0 aromatic heterocycles. The van der Waals surface area contributed by atoms with Crippen molar-refractivity contribution in [1.82, 2.24) is 0 Å². The van der Waals surface area contributed by atoms with Crippen LogP contribution < -0.4 is 0 Å². The molecule has 0 aromatic rings. The Labute approximate surface area is 487 Å². The van der Waals surface area contributed by atoms with Gasteiger partial charge in [-0.15, -0.1) is 0 Å². The normalized spacial score (nSPS) is 13.0. The first-order chi connectivity index (χ1) is 39.0. The highest BCUT2D eigenvalue weighted by molar-refractivity contribution is 5.71. The minimum absolute atomic E-state index is 0.102. The lowest BCUT2D eigenvalue weighted by atomic mass is 10.0. The lowest BCUT2D eigenvalue weighted by Gasteiger charge is -2.18. The Morgan fingerprint density at radius 3 is 0.810 bits per heavy atom. The molecule has 0 amide bonds. The Balaban J connectivity index is 4.44. The Morgan fingerprint density at radius 2 is 0.494 bits per heavy atom. The van der Waals surface area contributed by atoms with Gasteiger partial charge in [0.05, 0.1) is 0 Å². The third-order valence-electron chi connectivity index (χ3n) is 13.6. The van der Waals surface area contributed by atoms with E-state index in [1.165, 1.54) is 116 Å². The highest BCUT2D eigenvalue weighted by Gasteiger charge is 2.19. The number of carbonyl (C=O) groups excluding carboxylic acids is 3. The van der Waals surface area contributed by atoms with Crippen LogP contribution in [-0.4, -0.2) is 37.2 Å². The van der Waals surface area contributed by atoms with Gasteiger partial charge >= 0.3 is 17.9 Å². The van der Waals surface area contributed by atoms with Crippen LogP contribution in [0.2, 0.25) is 0 Å². The zero-order valence-electron chi connectivity index (χ0n) is 51.3. The minimum atomic E-state index is -0.811. The summed E-state index contributed by atoms with van der Waals surface area (Å²) < 4.78 is 16.9. The van der Waals surface area contributed by atoms with Gasteiger partial charge in [-0.3, -0.25) is 14.4 Å². The van der Waals surface area contributed by atoms with Crippen molar-refractivity contribution >= 4 is 17.9 Å². The smallest absolute Gasteiger partial charge is 0.306 e. The molecule has 0 aliphatic carbocycles. The van der Waals surface area contributed by atoms with Crippen LogP contribution in [-0.2, 0) is 28.6 Å². The van der Waals surface area contributed by atoms with E-state index in [1.807, 2.05) is 0 Å². The van der Waals surface area contributed by atoms with Crippen LogP contribution in [0.4, 0.5) is 0 Å². The van der Waals surface area contributed by atoms with Gasteiger partial charge < -0.3 is 14.2 Å². The lowest BCUT2D eigenvalue weighted by molar-refractivity contribution is -0.167. The van der Waals surface area contributed by atoms with Gasteiger partial charge in [-0.25, -0.2) is 0 Å². The molecule has 1 atom stereocenters. The molecule has 0 fully saturated rings. The second kappa shape index (κ2) is 66.1. The van der Waals surface area contributed by atoms with E-state index in [4.69, 9.17) is 14.2 Å². The monoisotopic (exact) mass is 1090 g/mol. The van der Waals surface area contributed by atoms with Crippen LogP contribution in [0.5, 0.6) is 0 Å². The maximum atomic E-state index is 12.9. The molecular weight excluding hydrogens is 973 g/mol. The molecule has 1 unspecified atom stereocenters. The molecule has 0 N–H and O–H groups in total. The van der Waals surface area contributed by atoms with Crippen molar-refractivity contribution in [1.29, 1.82) is 0 Å². The summed E-state index contributed by atoms with van der Waals surface area (Å²) in [6.45, 7) is 6.38. The van der Waals surface area contributed by atoms with Crippen molar-refractivity contribution in [2.45, 2.75) is 297 Å². The quantitative estimate of drug-likeness (QED) is 0.0261. The fourth-order valence-electron chi connectivity index (χ4n) is 8.79. The van der Waals surface area contributed by atoms with Crippen molar-refractivity contribution in [3.63, 3.8) is 0 Å². The summed E-state index contributed by atoms with van der Waals surface area (Å²) in [5.74, 6) is -0.952. The van der Waals surface area contributed by atoms with Crippen LogP contribution in [0.3, 0.4) is 0 Å². The molecule has 0 spiro atoms. The van der Waals surface area contributed by atoms with E-state index >= 15 is 0 Å². The zero-order chi connectivity index (χ0) is 57.1. The molecular formula is C73H120O6. The highest BCUT2D eigenvalue weighted by atomic mass is 16.6. The Hall–Kier alpha value is -4.45. The van der Waals surface area contributed by atoms with E-state index in [9.17, 15) is 14.4 Å². The molecule has 6 heteroatoms. The first-order valence-corrected chi connectivity index (χ1v) is 32.7. The number of unbranched alkanes of at least 4 members (excludes halogenated alkanes) is 25. The van der Waals surface area contributed by atoms with E-state index in [2.05, 4.69) is 154 Å². The topological polar surface area (TPSA) is 78.9 Å². The number of carbonyl (C=O) groups is 3. The Kier molecular flexibility index (Phi) is 62.3. The van der Waals surface area contributed by atoms with Gasteiger partial charge in [0.2, 0.25) is 0 Å². The lowest BCUT2D eigenvalue weighted by Crippen LogP contribution is -2.30. The number of hydrogen-bond donors (Lipinski definition) is 0. The van der Waals surface area contributed by atoms with Crippen molar-refractivity contribution in [2.75, 3.05) is 13.2 Å². The average molecular weight is 1090 g/mol. The molecule has 0 aromatic carbocycles. The largest absolute Gasteiger partial charge is 0.462 e. The number of rotatable bonds is 58. The molecule has 448 valence electrons. The van der Waals surface area contributed by atoms with Gasteiger partial charge in [0, 0.05) is 19.3 Å². The fourth-order valence-corrected chi connectivity index (χ4v) is 8.79. The summed E-state index contributed by atoms with van der Waals surface area (Å²) in [7, 11) is 0. The van der Waals surface area contributed by atoms with Crippen molar-refractivity contribution < 1.29 is 28.6 Å². The number of hydrogen-bond acceptors (Lipinski definition) is 6. The summed E-state index contributed by atoms with van der Waals surface area (Å²) in [5.41, 5.74) is 0. The first-order valence-electron chi connectivity index (χ1n) is 32.7. The maximum absolute atomic E-state index is 12.9. The van der Waals surface area contributed by atoms with E-state index in [-0.39, 0.29) is 37.5 Å².